The van der Waals surface area contributed by atoms with Gasteiger partial charge in [0.2, 0.25) is 0 Å². The molecule has 0 bridgehead atoms. The molecule has 0 radical (unpaired) electrons. The number of amides is 2. The Morgan fingerprint density at radius 3 is 2.79 bits per heavy atom. The number of carbonyl (C=O) groups excluding carboxylic acids is 2. The number of hydrogen-bond acceptors (Lipinski definition) is 5. The van der Waals surface area contributed by atoms with Crippen LogP contribution in [0.5, 0.6) is 5.75 Å². The third-order valence-electron chi connectivity index (χ3n) is 4.29. The number of benzene rings is 1. The maximum atomic E-state index is 12.5. The van der Waals surface area contributed by atoms with Crippen LogP contribution in [-0.4, -0.2) is 29.2 Å². The minimum atomic E-state index is -0.295. The van der Waals surface area contributed by atoms with Gasteiger partial charge in [-0.1, -0.05) is 32.1 Å². The van der Waals surface area contributed by atoms with Gasteiger partial charge in [-0.25, -0.2) is 0 Å². The molecule has 1 aliphatic heterocycles. The topological polar surface area (TPSA) is 59.8 Å². The van der Waals surface area contributed by atoms with E-state index in [2.05, 4.69) is 26.0 Å². The van der Waals surface area contributed by atoms with Crippen LogP contribution < -0.4 is 4.74 Å². The molecule has 1 aliphatic rings. The molecule has 1 fully saturated rings. The van der Waals surface area contributed by atoms with Crippen molar-refractivity contribution in [3.05, 3.63) is 70.5 Å². The Kier molecular flexibility index (Phi) is 6.41. The quantitative estimate of drug-likeness (QED) is 0.587. The van der Waals surface area contributed by atoms with E-state index in [9.17, 15) is 9.59 Å². The Morgan fingerprint density at radius 1 is 1.25 bits per heavy atom. The maximum Gasteiger partial charge on any atom is 0.293 e. The molecule has 5 nitrogen and oxygen atoms in total. The van der Waals surface area contributed by atoms with Crippen LogP contribution in [0.3, 0.4) is 0 Å². The van der Waals surface area contributed by atoms with Gasteiger partial charge < -0.3 is 9.15 Å². The Bertz CT molecular complexity index is 913. The normalized spacial score (nSPS) is 16.1. The molecule has 1 saturated heterocycles. The van der Waals surface area contributed by atoms with Crippen molar-refractivity contribution in [2.24, 2.45) is 0 Å². The van der Waals surface area contributed by atoms with Gasteiger partial charge in [0.15, 0.2) is 0 Å². The van der Waals surface area contributed by atoms with Crippen molar-refractivity contribution in [2.45, 2.75) is 26.7 Å². The molecular formula is C22H23NO4S. The highest BCUT2D eigenvalue weighted by molar-refractivity contribution is 8.18. The molecule has 3 rings (SSSR count). The average molecular weight is 397 g/mol. The first-order chi connectivity index (χ1) is 13.5. The minimum Gasteiger partial charge on any atom is -0.491 e. The van der Waals surface area contributed by atoms with Gasteiger partial charge in [0.05, 0.1) is 17.7 Å². The second-order valence-electron chi connectivity index (χ2n) is 6.77. The zero-order chi connectivity index (χ0) is 20.1. The fourth-order valence-corrected chi connectivity index (χ4v) is 3.63. The molecule has 1 aromatic carbocycles. The molecule has 0 aliphatic carbocycles. The van der Waals surface area contributed by atoms with Crippen molar-refractivity contribution < 1.29 is 18.7 Å². The molecule has 0 unspecified atom stereocenters. The molecule has 1 aromatic heterocycles. The van der Waals surface area contributed by atoms with Gasteiger partial charge in [-0.3, -0.25) is 14.5 Å². The number of furan rings is 1. The lowest BCUT2D eigenvalue weighted by Gasteiger charge is -2.17. The predicted molar refractivity (Wildman–Crippen MR) is 111 cm³/mol. The lowest BCUT2D eigenvalue weighted by atomic mass is 10.0. The van der Waals surface area contributed by atoms with Crippen LogP contribution >= 0.6 is 11.8 Å². The summed E-state index contributed by atoms with van der Waals surface area (Å²) in [5, 5.41) is -0.278. The Morgan fingerprint density at radius 2 is 2.07 bits per heavy atom. The van der Waals surface area contributed by atoms with Gasteiger partial charge >= 0.3 is 0 Å². The highest BCUT2D eigenvalue weighted by atomic mass is 32.2. The van der Waals surface area contributed by atoms with Crippen molar-refractivity contribution >= 4 is 29.0 Å². The predicted octanol–water partition coefficient (Wildman–Crippen LogP) is 5.38. The molecule has 0 saturated carbocycles. The van der Waals surface area contributed by atoms with E-state index in [0.29, 0.717) is 16.6 Å². The van der Waals surface area contributed by atoms with Gasteiger partial charge in [-0.15, -0.1) is 0 Å². The van der Waals surface area contributed by atoms with Crippen molar-refractivity contribution in [1.82, 2.24) is 4.90 Å². The number of aryl methyl sites for hydroxylation is 1. The zero-order valence-electron chi connectivity index (χ0n) is 16.2. The number of allylic oxidation sites excluding steroid dienone is 2. The zero-order valence-corrected chi connectivity index (χ0v) is 17.0. The fourth-order valence-electron chi connectivity index (χ4n) is 2.81. The second-order valence-corrected chi connectivity index (χ2v) is 7.77. The number of imide groups is 1. The molecule has 2 amide bonds. The maximum absolute atomic E-state index is 12.5. The van der Waals surface area contributed by atoms with Crippen molar-refractivity contribution in [3.63, 3.8) is 0 Å². The van der Waals surface area contributed by atoms with Crippen LogP contribution in [0, 0.1) is 6.92 Å². The summed E-state index contributed by atoms with van der Waals surface area (Å²) in [6.07, 6.45) is 6.65. The van der Waals surface area contributed by atoms with E-state index in [-0.39, 0.29) is 24.3 Å². The number of ether oxygens (including phenoxy) is 1. The number of nitrogens with zero attached hydrogens (tertiary/aromatic N) is 1. The molecule has 0 atom stereocenters. The molecule has 6 heteroatoms. The monoisotopic (exact) mass is 397 g/mol. The molecule has 2 heterocycles. The van der Waals surface area contributed by atoms with Crippen LogP contribution in [0.15, 0.2) is 58.1 Å². The average Bonchev–Trinajstić information content (AvgIpc) is 3.25. The Balaban J connectivity index is 1.60. The van der Waals surface area contributed by atoms with E-state index in [1.807, 2.05) is 19.1 Å². The summed E-state index contributed by atoms with van der Waals surface area (Å²) in [5.41, 5.74) is 2.22. The first-order valence-corrected chi connectivity index (χ1v) is 9.96. The number of carbonyl (C=O) groups is 2. The number of rotatable bonds is 7. The summed E-state index contributed by atoms with van der Waals surface area (Å²) in [6, 6.07) is 9.70. The number of thioether (sulfide) groups is 1. The first kappa shape index (κ1) is 20.0. The third kappa shape index (κ3) is 4.75. The summed E-state index contributed by atoms with van der Waals surface area (Å²) in [4.78, 5) is 26.3. The summed E-state index contributed by atoms with van der Waals surface area (Å²) in [5.74, 6) is 1.52. The van der Waals surface area contributed by atoms with Crippen LogP contribution in [0.4, 0.5) is 4.79 Å². The third-order valence-corrected chi connectivity index (χ3v) is 5.21. The van der Waals surface area contributed by atoms with Crippen molar-refractivity contribution in [1.29, 1.82) is 0 Å². The lowest BCUT2D eigenvalue weighted by Crippen LogP contribution is -2.32. The van der Waals surface area contributed by atoms with E-state index in [0.717, 1.165) is 28.6 Å². The highest BCUT2D eigenvalue weighted by Crippen LogP contribution is 2.31. The Labute approximate surface area is 169 Å². The highest BCUT2D eigenvalue weighted by Gasteiger charge is 2.34. The fraction of sp³-hybridized carbons (Fsp3) is 0.273. The standard InChI is InChI=1S/C22H23NO4S/c1-15(2)18-10-9-16(3)14-19(18)27-13-11-23-21(24)20(28-22(23)25)8-4-6-17-7-5-12-26-17/h4-10,12,14-15H,11,13H2,1-3H3/b6-4+,20-8-. The SMILES string of the molecule is Cc1ccc(C(C)C)c(OCCN2C(=O)S/C(=C\C=C\c3ccco3)C2=O)c1. The van der Waals surface area contributed by atoms with Gasteiger partial charge in [0.1, 0.15) is 18.1 Å². The molecule has 0 spiro atoms. The smallest absolute Gasteiger partial charge is 0.293 e. The van der Waals surface area contributed by atoms with Crippen molar-refractivity contribution in [2.75, 3.05) is 13.2 Å². The lowest BCUT2D eigenvalue weighted by molar-refractivity contribution is -0.123. The van der Waals surface area contributed by atoms with Crippen molar-refractivity contribution in [3.8, 4) is 5.75 Å². The van der Waals surface area contributed by atoms with Crippen LogP contribution in [0.2, 0.25) is 0 Å². The first-order valence-electron chi connectivity index (χ1n) is 9.14. The molecule has 28 heavy (non-hydrogen) atoms. The van der Waals surface area contributed by atoms with E-state index in [4.69, 9.17) is 9.15 Å². The van der Waals surface area contributed by atoms with Gasteiger partial charge in [-0.05, 0) is 66.1 Å². The molecule has 146 valence electrons. The number of hydrogen-bond donors (Lipinski definition) is 0. The largest absolute Gasteiger partial charge is 0.491 e. The van der Waals surface area contributed by atoms with Gasteiger partial charge in [-0.2, -0.15) is 0 Å². The molecular weight excluding hydrogens is 374 g/mol. The Hall–Kier alpha value is -2.73. The summed E-state index contributed by atoms with van der Waals surface area (Å²) < 4.78 is 11.1. The molecule has 2 aromatic rings. The van der Waals surface area contributed by atoms with Crippen LogP contribution in [0.25, 0.3) is 6.08 Å². The summed E-state index contributed by atoms with van der Waals surface area (Å²) >= 11 is 0.937. The van der Waals surface area contributed by atoms with E-state index in [1.54, 1.807) is 30.6 Å². The minimum absolute atomic E-state index is 0.218. The summed E-state index contributed by atoms with van der Waals surface area (Å²) in [6.45, 7) is 6.70. The van der Waals surface area contributed by atoms with Crippen LogP contribution in [0.1, 0.15) is 36.7 Å². The van der Waals surface area contributed by atoms with Crippen LogP contribution in [-0.2, 0) is 4.79 Å². The van der Waals surface area contributed by atoms with E-state index < -0.39 is 0 Å². The van der Waals surface area contributed by atoms with E-state index >= 15 is 0 Å². The van der Waals surface area contributed by atoms with Gasteiger partial charge in [0, 0.05) is 0 Å². The van der Waals surface area contributed by atoms with Gasteiger partial charge in [0.25, 0.3) is 11.1 Å². The molecule has 0 N–H and O–H groups in total. The van der Waals surface area contributed by atoms with E-state index in [1.165, 1.54) is 4.90 Å². The summed E-state index contributed by atoms with van der Waals surface area (Å²) in [7, 11) is 0. The second kappa shape index (κ2) is 8.97.